The molecule has 0 saturated heterocycles. The Morgan fingerprint density at radius 2 is 2.00 bits per heavy atom. The highest BCUT2D eigenvalue weighted by atomic mass is 32.2. The van der Waals surface area contributed by atoms with Crippen molar-refractivity contribution >= 4 is 17.7 Å². The summed E-state index contributed by atoms with van der Waals surface area (Å²) in [5.41, 5.74) is 4.43. The summed E-state index contributed by atoms with van der Waals surface area (Å²) in [6.07, 6.45) is 3.17. The van der Waals surface area contributed by atoms with E-state index in [0.29, 0.717) is 11.5 Å². The van der Waals surface area contributed by atoms with E-state index in [-0.39, 0.29) is 12.1 Å². The van der Waals surface area contributed by atoms with Crippen molar-refractivity contribution in [1.29, 1.82) is 0 Å². The largest absolute Gasteiger partial charge is 0.488 e. The van der Waals surface area contributed by atoms with Gasteiger partial charge in [-0.2, -0.15) is 3.89 Å². The molecule has 120 valence electrons. The van der Waals surface area contributed by atoms with Crippen LogP contribution in [0.5, 0.6) is 5.75 Å². The van der Waals surface area contributed by atoms with E-state index in [2.05, 4.69) is 37.2 Å². The zero-order valence-corrected chi connectivity index (χ0v) is 14.2. The van der Waals surface area contributed by atoms with Gasteiger partial charge in [0.25, 0.3) is 0 Å². The molecule has 0 fully saturated rings. The minimum atomic E-state index is 0.269. The Labute approximate surface area is 141 Å². The minimum Gasteiger partial charge on any atom is -0.488 e. The van der Waals surface area contributed by atoms with Crippen molar-refractivity contribution in [2.45, 2.75) is 17.9 Å². The first-order chi connectivity index (χ1) is 11.2. The topological polar surface area (TPSA) is 12.5 Å². The molecule has 1 aliphatic heterocycles. The summed E-state index contributed by atoms with van der Waals surface area (Å²) >= 11 is 0.269. The quantitative estimate of drug-likeness (QED) is 0.788. The molecule has 23 heavy (non-hydrogen) atoms. The van der Waals surface area contributed by atoms with Gasteiger partial charge in [-0.15, -0.1) is 0 Å². The average Bonchev–Trinajstić information content (AvgIpc) is 2.71. The molecule has 3 rings (SSSR count). The second-order valence-corrected chi connectivity index (χ2v) is 6.52. The summed E-state index contributed by atoms with van der Waals surface area (Å²) in [6.45, 7) is 1.51. The van der Waals surface area contributed by atoms with E-state index in [4.69, 9.17) is 4.74 Å². The number of hydrogen-bond acceptors (Lipinski definition) is 3. The van der Waals surface area contributed by atoms with E-state index in [9.17, 15) is 3.89 Å². The van der Waals surface area contributed by atoms with Crippen LogP contribution in [0.25, 0.3) is 5.57 Å². The standard InChI is InChI=1S/C19H20FNOS/c1-21(2)11-5-8-17-16-7-4-3-6-14(16)13-22-19-10-9-15(23-20)12-18(17)19/h3-4,6-10,12H,5,11,13H2,1-2H3/b17-8+. The Morgan fingerprint density at radius 1 is 1.17 bits per heavy atom. The summed E-state index contributed by atoms with van der Waals surface area (Å²) in [5, 5.41) is 0. The maximum atomic E-state index is 13.0. The van der Waals surface area contributed by atoms with E-state index in [0.717, 1.165) is 35.4 Å². The van der Waals surface area contributed by atoms with Crippen molar-refractivity contribution in [3.63, 3.8) is 0 Å². The number of halogens is 1. The summed E-state index contributed by atoms with van der Waals surface area (Å²) in [7, 11) is 4.13. The molecule has 2 aromatic rings. The van der Waals surface area contributed by atoms with Crippen LogP contribution in [0.1, 0.15) is 23.1 Å². The van der Waals surface area contributed by atoms with Crippen LogP contribution in [-0.4, -0.2) is 25.5 Å². The Bertz CT molecular complexity index is 727. The monoisotopic (exact) mass is 329 g/mol. The fourth-order valence-electron chi connectivity index (χ4n) is 2.79. The highest BCUT2D eigenvalue weighted by Gasteiger charge is 2.19. The van der Waals surface area contributed by atoms with Gasteiger partial charge >= 0.3 is 0 Å². The van der Waals surface area contributed by atoms with Crippen LogP contribution in [0.2, 0.25) is 0 Å². The summed E-state index contributed by atoms with van der Waals surface area (Å²) in [4.78, 5) is 2.76. The summed E-state index contributed by atoms with van der Waals surface area (Å²) in [5.74, 6) is 0.815. The molecule has 2 aromatic carbocycles. The van der Waals surface area contributed by atoms with Crippen LogP contribution in [0.3, 0.4) is 0 Å². The van der Waals surface area contributed by atoms with Crippen LogP contribution < -0.4 is 4.74 Å². The van der Waals surface area contributed by atoms with Crippen molar-refractivity contribution < 1.29 is 8.62 Å². The van der Waals surface area contributed by atoms with Crippen molar-refractivity contribution in [2.75, 3.05) is 20.6 Å². The highest BCUT2D eigenvalue weighted by molar-refractivity contribution is 7.94. The molecule has 0 bridgehead atoms. The second-order valence-electron chi connectivity index (χ2n) is 5.89. The number of fused-ring (bicyclic) bond motifs is 2. The van der Waals surface area contributed by atoms with Crippen molar-refractivity contribution in [2.24, 2.45) is 0 Å². The predicted octanol–water partition coefficient (Wildman–Crippen LogP) is 4.94. The van der Waals surface area contributed by atoms with Gasteiger partial charge in [-0.3, -0.25) is 0 Å². The molecule has 0 amide bonds. The Kier molecular flexibility index (Phi) is 5.03. The fourth-order valence-corrected chi connectivity index (χ4v) is 3.07. The molecule has 0 aromatic heterocycles. The van der Waals surface area contributed by atoms with Gasteiger partial charge in [0.1, 0.15) is 12.4 Å². The third-order valence-electron chi connectivity index (χ3n) is 3.95. The Hall–Kier alpha value is -1.78. The van der Waals surface area contributed by atoms with Crippen LogP contribution in [0.4, 0.5) is 3.89 Å². The molecular formula is C19H20FNOS. The molecule has 4 heteroatoms. The molecule has 0 radical (unpaired) electrons. The Balaban J connectivity index is 2.10. The fraction of sp³-hybridized carbons (Fsp3) is 0.263. The molecule has 1 aliphatic rings. The molecule has 2 nitrogen and oxygen atoms in total. The van der Waals surface area contributed by atoms with Crippen molar-refractivity contribution in [3.05, 3.63) is 65.2 Å². The maximum Gasteiger partial charge on any atom is 0.127 e. The Morgan fingerprint density at radius 3 is 2.78 bits per heavy atom. The molecule has 0 aliphatic carbocycles. The molecule has 0 spiro atoms. The third-order valence-corrected chi connectivity index (χ3v) is 4.38. The van der Waals surface area contributed by atoms with Crippen LogP contribution in [-0.2, 0) is 6.61 Å². The van der Waals surface area contributed by atoms with Gasteiger partial charge in [0, 0.05) is 17.0 Å². The van der Waals surface area contributed by atoms with Crippen molar-refractivity contribution in [3.8, 4) is 5.75 Å². The lowest BCUT2D eigenvalue weighted by Crippen LogP contribution is -2.12. The lowest BCUT2D eigenvalue weighted by Gasteiger charge is -2.12. The average molecular weight is 329 g/mol. The van der Waals surface area contributed by atoms with Crippen LogP contribution in [0.15, 0.2) is 53.4 Å². The van der Waals surface area contributed by atoms with Crippen LogP contribution in [0, 0.1) is 0 Å². The van der Waals surface area contributed by atoms with Gasteiger partial charge in [-0.05, 0) is 55.4 Å². The zero-order chi connectivity index (χ0) is 16.2. The van der Waals surface area contributed by atoms with E-state index in [1.54, 1.807) is 6.07 Å². The van der Waals surface area contributed by atoms with E-state index >= 15 is 0 Å². The summed E-state index contributed by atoms with van der Waals surface area (Å²) in [6, 6.07) is 13.8. The first kappa shape index (κ1) is 16.1. The first-order valence-corrected chi connectivity index (χ1v) is 8.39. The smallest absolute Gasteiger partial charge is 0.127 e. The van der Waals surface area contributed by atoms with E-state index < -0.39 is 0 Å². The number of benzene rings is 2. The lowest BCUT2D eigenvalue weighted by atomic mass is 9.93. The highest BCUT2D eigenvalue weighted by Crippen LogP contribution is 2.39. The molecule has 0 atom stereocenters. The number of hydrogen-bond donors (Lipinski definition) is 0. The number of nitrogens with zero attached hydrogens (tertiary/aromatic N) is 1. The van der Waals surface area contributed by atoms with E-state index in [1.165, 1.54) is 5.56 Å². The molecule has 1 heterocycles. The van der Waals surface area contributed by atoms with Gasteiger partial charge in [0.05, 0.1) is 12.1 Å². The second kappa shape index (κ2) is 7.20. The van der Waals surface area contributed by atoms with Gasteiger partial charge in [0.15, 0.2) is 0 Å². The van der Waals surface area contributed by atoms with Gasteiger partial charge in [0.2, 0.25) is 0 Å². The maximum absolute atomic E-state index is 13.0. The van der Waals surface area contributed by atoms with Crippen molar-refractivity contribution in [1.82, 2.24) is 4.90 Å². The number of rotatable bonds is 4. The van der Waals surface area contributed by atoms with Crippen LogP contribution >= 0.6 is 12.1 Å². The molecule has 0 saturated carbocycles. The predicted molar refractivity (Wildman–Crippen MR) is 94.4 cm³/mol. The normalized spacial score (nSPS) is 15.0. The van der Waals surface area contributed by atoms with Gasteiger partial charge in [-0.25, -0.2) is 0 Å². The number of ether oxygens (including phenoxy) is 1. The molecule has 0 unspecified atom stereocenters. The third kappa shape index (κ3) is 3.59. The molecule has 0 N–H and O–H groups in total. The zero-order valence-electron chi connectivity index (χ0n) is 13.4. The first-order valence-electron chi connectivity index (χ1n) is 7.68. The molecular weight excluding hydrogens is 309 g/mol. The van der Waals surface area contributed by atoms with Gasteiger partial charge < -0.3 is 9.64 Å². The lowest BCUT2D eigenvalue weighted by molar-refractivity contribution is 0.307. The van der Waals surface area contributed by atoms with Gasteiger partial charge in [-0.1, -0.05) is 30.3 Å². The summed E-state index contributed by atoms with van der Waals surface area (Å²) < 4.78 is 19.0. The SMILES string of the molecule is CN(C)CC/C=C1\c2ccccc2COc2ccc(SF)cc21. The minimum absolute atomic E-state index is 0.269. The van der Waals surface area contributed by atoms with E-state index in [1.807, 2.05) is 24.3 Å².